The number of hydrogen-bond donors (Lipinski definition) is 1. The number of para-hydroxylation sites is 2. The number of hydrogen-bond acceptors (Lipinski definition) is 4. The molecule has 0 fully saturated rings. The second-order valence-corrected chi connectivity index (χ2v) is 5.56. The number of benzene rings is 2. The van der Waals surface area contributed by atoms with E-state index < -0.39 is 5.97 Å². The summed E-state index contributed by atoms with van der Waals surface area (Å²) in [6.07, 6.45) is 3.61. The third kappa shape index (κ3) is 3.52. The molecule has 0 radical (unpaired) electrons. The van der Waals surface area contributed by atoms with Gasteiger partial charge in [0.05, 0.1) is 30.5 Å². The molecular weight excluding hydrogens is 330 g/mol. The number of aromatic nitrogens is 1. The summed E-state index contributed by atoms with van der Waals surface area (Å²) in [7, 11) is 1.59. The van der Waals surface area contributed by atoms with Gasteiger partial charge in [0.25, 0.3) is 0 Å². The normalized spacial score (nSPS) is 11.0. The Morgan fingerprint density at radius 2 is 1.96 bits per heavy atom. The molecule has 0 spiro atoms. The molecule has 0 aliphatic carbocycles. The molecule has 1 aromatic heterocycles. The van der Waals surface area contributed by atoms with E-state index in [4.69, 9.17) is 9.47 Å². The van der Waals surface area contributed by atoms with Crippen LogP contribution in [0.1, 0.15) is 28.5 Å². The van der Waals surface area contributed by atoms with Crippen molar-refractivity contribution in [3.63, 3.8) is 0 Å². The maximum atomic E-state index is 11.6. The second kappa shape index (κ2) is 7.70. The first-order valence-corrected chi connectivity index (χ1v) is 8.25. The van der Waals surface area contributed by atoms with Gasteiger partial charge in [-0.25, -0.2) is 9.78 Å². The van der Waals surface area contributed by atoms with Gasteiger partial charge < -0.3 is 14.6 Å². The highest BCUT2D eigenvalue weighted by Crippen LogP contribution is 2.32. The predicted molar refractivity (Wildman–Crippen MR) is 102 cm³/mol. The van der Waals surface area contributed by atoms with Crippen LogP contribution in [0.15, 0.2) is 48.5 Å². The van der Waals surface area contributed by atoms with Crippen LogP contribution < -0.4 is 9.47 Å². The minimum absolute atomic E-state index is 0.227. The standard InChI is InChI=1S/C21H19NO4/c1-3-26-19-10-6-7-14(20(19)25-2)11-12-15-13-17(21(23)24)16-8-4-5-9-18(16)22-15/h4-13H,3H2,1-2H3,(H,23,24)/b12-11+. The van der Waals surface area contributed by atoms with Gasteiger partial charge in [-0.3, -0.25) is 0 Å². The first-order chi connectivity index (χ1) is 12.6. The number of nitrogens with zero attached hydrogens (tertiary/aromatic N) is 1. The largest absolute Gasteiger partial charge is 0.492 e. The molecule has 1 N–H and O–H groups in total. The molecule has 0 bridgehead atoms. The van der Waals surface area contributed by atoms with Crippen molar-refractivity contribution in [1.82, 2.24) is 4.98 Å². The van der Waals surface area contributed by atoms with Crippen LogP contribution in [0, 0.1) is 0 Å². The van der Waals surface area contributed by atoms with E-state index in [0.29, 0.717) is 34.7 Å². The zero-order chi connectivity index (χ0) is 18.5. The summed E-state index contributed by atoms with van der Waals surface area (Å²) in [4.78, 5) is 16.1. The predicted octanol–water partition coefficient (Wildman–Crippen LogP) is 4.51. The van der Waals surface area contributed by atoms with Crippen molar-refractivity contribution in [2.24, 2.45) is 0 Å². The molecule has 0 aliphatic heterocycles. The van der Waals surface area contributed by atoms with Gasteiger partial charge in [0.2, 0.25) is 0 Å². The van der Waals surface area contributed by atoms with E-state index in [1.807, 2.05) is 37.3 Å². The molecule has 5 heteroatoms. The number of ether oxygens (including phenoxy) is 2. The topological polar surface area (TPSA) is 68.7 Å². The maximum absolute atomic E-state index is 11.6. The second-order valence-electron chi connectivity index (χ2n) is 5.56. The summed E-state index contributed by atoms with van der Waals surface area (Å²) in [5.74, 6) is 0.314. The highest BCUT2D eigenvalue weighted by atomic mass is 16.5. The van der Waals surface area contributed by atoms with Crippen LogP contribution >= 0.6 is 0 Å². The quantitative estimate of drug-likeness (QED) is 0.709. The van der Waals surface area contributed by atoms with Crippen molar-refractivity contribution < 1.29 is 19.4 Å². The van der Waals surface area contributed by atoms with E-state index in [-0.39, 0.29) is 5.56 Å². The van der Waals surface area contributed by atoms with Gasteiger partial charge >= 0.3 is 5.97 Å². The Labute approximate surface area is 151 Å². The lowest BCUT2D eigenvalue weighted by atomic mass is 10.1. The summed E-state index contributed by atoms with van der Waals surface area (Å²) in [6, 6.07) is 14.4. The van der Waals surface area contributed by atoms with Crippen LogP contribution in [0.4, 0.5) is 0 Å². The van der Waals surface area contributed by atoms with E-state index in [1.54, 1.807) is 37.5 Å². The number of carbonyl (C=O) groups is 1. The zero-order valence-electron chi connectivity index (χ0n) is 14.6. The lowest BCUT2D eigenvalue weighted by Gasteiger charge is -2.11. The van der Waals surface area contributed by atoms with Crippen molar-refractivity contribution in [1.29, 1.82) is 0 Å². The zero-order valence-corrected chi connectivity index (χ0v) is 14.6. The Morgan fingerprint density at radius 1 is 1.15 bits per heavy atom. The van der Waals surface area contributed by atoms with Gasteiger partial charge in [-0.05, 0) is 37.3 Å². The molecule has 0 amide bonds. The minimum Gasteiger partial charge on any atom is -0.492 e. The summed E-state index contributed by atoms with van der Waals surface area (Å²) in [5.41, 5.74) is 2.25. The van der Waals surface area contributed by atoms with E-state index in [9.17, 15) is 9.90 Å². The molecule has 0 saturated heterocycles. The molecule has 0 unspecified atom stereocenters. The Morgan fingerprint density at radius 3 is 2.69 bits per heavy atom. The van der Waals surface area contributed by atoms with Gasteiger partial charge in [0.15, 0.2) is 11.5 Å². The fourth-order valence-electron chi connectivity index (χ4n) is 2.79. The van der Waals surface area contributed by atoms with Crippen LogP contribution in [0.25, 0.3) is 23.1 Å². The number of pyridine rings is 1. The number of rotatable bonds is 6. The van der Waals surface area contributed by atoms with Gasteiger partial charge in [-0.2, -0.15) is 0 Å². The SMILES string of the molecule is CCOc1cccc(/C=C/c2cc(C(=O)O)c3ccccc3n2)c1OC. The van der Waals surface area contributed by atoms with Gasteiger partial charge in [-0.15, -0.1) is 0 Å². The van der Waals surface area contributed by atoms with Crippen molar-refractivity contribution in [3.05, 3.63) is 65.4 Å². The van der Waals surface area contributed by atoms with E-state index in [0.717, 1.165) is 5.56 Å². The van der Waals surface area contributed by atoms with Crippen molar-refractivity contribution in [3.8, 4) is 11.5 Å². The maximum Gasteiger partial charge on any atom is 0.336 e. The number of aromatic carboxylic acids is 1. The summed E-state index contributed by atoms with van der Waals surface area (Å²) >= 11 is 0. The monoisotopic (exact) mass is 349 g/mol. The fourth-order valence-corrected chi connectivity index (χ4v) is 2.79. The summed E-state index contributed by atoms with van der Waals surface area (Å²) < 4.78 is 11.0. The van der Waals surface area contributed by atoms with Crippen molar-refractivity contribution in [2.45, 2.75) is 6.92 Å². The molecule has 1 heterocycles. The Bertz CT molecular complexity index is 979. The number of carboxylic acid groups (broad SMARTS) is 1. The van der Waals surface area contributed by atoms with E-state index in [2.05, 4.69) is 4.98 Å². The lowest BCUT2D eigenvalue weighted by molar-refractivity contribution is 0.0699. The van der Waals surface area contributed by atoms with Crippen LogP contribution in [-0.2, 0) is 0 Å². The molecule has 0 saturated carbocycles. The lowest BCUT2D eigenvalue weighted by Crippen LogP contribution is -2.00. The average molecular weight is 349 g/mol. The van der Waals surface area contributed by atoms with Crippen LogP contribution in [-0.4, -0.2) is 29.8 Å². The van der Waals surface area contributed by atoms with E-state index >= 15 is 0 Å². The van der Waals surface area contributed by atoms with Crippen molar-refractivity contribution >= 4 is 29.0 Å². The molecule has 3 aromatic rings. The molecule has 26 heavy (non-hydrogen) atoms. The van der Waals surface area contributed by atoms with Gasteiger partial charge in [0.1, 0.15) is 0 Å². The smallest absolute Gasteiger partial charge is 0.336 e. The first kappa shape index (κ1) is 17.5. The molecule has 0 atom stereocenters. The molecule has 2 aromatic carbocycles. The summed E-state index contributed by atoms with van der Waals surface area (Å²) in [6.45, 7) is 2.45. The first-order valence-electron chi connectivity index (χ1n) is 8.25. The molecule has 5 nitrogen and oxygen atoms in total. The molecule has 0 aliphatic rings. The number of methoxy groups -OCH3 is 1. The Kier molecular flexibility index (Phi) is 5.17. The Hall–Kier alpha value is -3.34. The highest BCUT2D eigenvalue weighted by Gasteiger charge is 2.11. The van der Waals surface area contributed by atoms with Crippen LogP contribution in [0.3, 0.4) is 0 Å². The minimum atomic E-state index is -0.978. The molecular formula is C21H19NO4. The van der Waals surface area contributed by atoms with Gasteiger partial charge in [-0.1, -0.05) is 30.3 Å². The van der Waals surface area contributed by atoms with Gasteiger partial charge in [0, 0.05) is 10.9 Å². The number of carboxylic acids is 1. The Balaban J connectivity index is 2.04. The van der Waals surface area contributed by atoms with Crippen molar-refractivity contribution in [2.75, 3.05) is 13.7 Å². The van der Waals surface area contributed by atoms with Crippen LogP contribution in [0.5, 0.6) is 11.5 Å². The number of fused-ring (bicyclic) bond motifs is 1. The highest BCUT2D eigenvalue weighted by molar-refractivity contribution is 6.03. The summed E-state index contributed by atoms with van der Waals surface area (Å²) in [5, 5.41) is 10.1. The third-order valence-electron chi connectivity index (χ3n) is 3.91. The fraction of sp³-hybridized carbons (Fsp3) is 0.143. The average Bonchev–Trinajstić information content (AvgIpc) is 2.66. The molecule has 3 rings (SSSR count). The van der Waals surface area contributed by atoms with Crippen LogP contribution in [0.2, 0.25) is 0 Å². The molecule has 132 valence electrons. The van der Waals surface area contributed by atoms with E-state index in [1.165, 1.54) is 0 Å². The third-order valence-corrected chi connectivity index (χ3v) is 3.91.